The topological polar surface area (TPSA) is 30.5 Å². The molecule has 0 aromatic rings. The molecule has 1 aliphatic carbocycles. The summed E-state index contributed by atoms with van der Waals surface area (Å²) in [5, 5.41) is 3.68. The van der Waals surface area contributed by atoms with E-state index in [4.69, 9.17) is 9.47 Å². The molecule has 1 aliphatic rings. The summed E-state index contributed by atoms with van der Waals surface area (Å²) in [5.41, 5.74) is -0.0446. The SMILES string of the molecule is CCNC(CCC(C)(C)OC)C(OCC)C1CCCCC1. The van der Waals surface area contributed by atoms with Gasteiger partial charge in [-0.2, -0.15) is 0 Å². The molecular weight excluding hydrogens is 262 g/mol. The highest BCUT2D eigenvalue weighted by Crippen LogP contribution is 2.31. The molecule has 2 atom stereocenters. The van der Waals surface area contributed by atoms with E-state index in [9.17, 15) is 0 Å². The highest BCUT2D eigenvalue weighted by atomic mass is 16.5. The molecule has 0 amide bonds. The number of ether oxygens (including phenoxy) is 2. The summed E-state index contributed by atoms with van der Waals surface area (Å²) < 4.78 is 11.8. The Labute approximate surface area is 132 Å². The minimum absolute atomic E-state index is 0.0446. The predicted octanol–water partition coefficient (Wildman–Crippen LogP) is 4.16. The van der Waals surface area contributed by atoms with E-state index in [0.717, 1.165) is 31.9 Å². The summed E-state index contributed by atoms with van der Waals surface area (Å²) in [4.78, 5) is 0. The lowest BCUT2D eigenvalue weighted by Crippen LogP contribution is -2.47. The van der Waals surface area contributed by atoms with Crippen LogP contribution in [-0.2, 0) is 9.47 Å². The summed E-state index contributed by atoms with van der Waals surface area (Å²) in [7, 11) is 1.81. The molecular formula is C18H37NO2. The van der Waals surface area contributed by atoms with E-state index in [-0.39, 0.29) is 5.60 Å². The van der Waals surface area contributed by atoms with E-state index in [2.05, 4.69) is 33.0 Å². The molecule has 21 heavy (non-hydrogen) atoms. The van der Waals surface area contributed by atoms with Crippen molar-refractivity contribution in [3.8, 4) is 0 Å². The van der Waals surface area contributed by atoms with Gasteiger partial charge in [0.2, 0.25) is 0 Å². The zero-order chi connectivity index (χ0) is 15.7. The van der Waals surface area contributed by atoms with Crippen LogP contribution in [0, 0.1) is 5.92 Å². The van der Waals surface area contributed by atoms with Crippen LogP contribution in [0.3, 0.4) is 0 Å². The van der Waals surface area contributed by atoms with E-state index >= 15 is 0 Å². The van der Waals surface area contributed by atoms with Gasteiger partial charge in [-0.1, -0.05) is 26.2 Å². The lowest BCUT2D eigenvalue weighted by molar-refractivity contribution is -0.0313. The maximum atomic E-state index is 6.19. The second-order valence-corrected chi connectivity index (χ2v) is 6.98. The third-order valence-corrected chi connectivity index (χ3v) is 4.95. The van der Waals surface area contributed by atoms with Crippen molar-refractivity contribution >= 4 is 0 Å². The second-order valence-electron chi connectivity index (χ2n) is 6.98. The van der Waals surface area contributed by atoms with Crippen LogP contribution in [-0.4, -0.2) is 38.0 Å². The molecule has 1 N–H and O–H groups in total. The van der Waals surface area contributed by atoms with Gasteiger partial charge < -0.3 is 14.8 Å². The molecule has 0 aliphatic heterocycles. The average Bonchev–Trinajstić information content (AvgIpc) is 2.50. The average molecular weight is 299 g/mol. The van der Waals surface area contributed by atoms with Gasteiger partial charge in [0.15, 0.2) is 0 Å². The Morgan fingerprint density at radius 1 is 1.14 bits per heavy atom. The molecule has 0 bridgehead atoms. The van der Waals surface area contributed by atoms with Crippen molar-refractivity contribution in [2.75, 3.05) is 20.3 Å². The normalized spacial score (nSPS) is 20.4. The first-order valence-corrected chi connectivity index (χ1v) is 8.94. The molecule has 2 unspecified atom stereocenters. The Kier molecular flexibility index (Phi) is 8.84. The van der Waals surface area contributed by atoms with E-state index in [1.54, 1.807) is 0 Å². The van der Waals surface area contributed by atoms with Crippen molar-refractivity contribution in [1.29, 1.82) is 0 Å². The van der Waals surface area contributed by atoms with Crippen LogP contribution in [0.4, 0.5) is 0 Å². The Morgan fingerprint density at radius 3 is 2.33 bits per heavy atom. The van der Waals surface area contributed by atoms with Gasteiger partial charge in [-0.05, 0) is 58.9 Å². The molecule has 0 heterocycles. The highest BCUT2D eigenvalue weighted by molar-refractivity contribution is 4.86. The minimum atomic E-state index is -0.0446. The third-order valence-electron chi connectivity index (χ3n) is 4.95. The molecule has 126 valence electrons. The number of likely N-dealkylation sites (N-methyl/N-ethyl adjacent to an activating group) is 1. The van der Waals surface area contributed by atoms with Crippen molar-refractivity contribution in [1.82, 2.24) is 5.32 Å². The van der Waals surface area contributed by atoms with Crippen molar-refractivity contribution < 1.29 is 9.47 Å². The Hall–Kier alpha value is -0.120. The molecule has 3 heteroatoms. The van der Waals surface area contributed by atoms with Crippen molar-refractivity contribution in [2.24, 2.45) is 5.92 Å². The fourth-order valence-corrected chi connectivity index (χ4v) is 3.49. The second kappa shape index (κ2) is 9.81. The minimum Gasteiger partial charge on any atom is -0.379 e. The van der Waals surface area contributed by atoms with Crippen LogP contribution in [0.5, 0.6) is 0 Å². The molecule has 0 spiro atoms. The Morgan fingerprint density at radius 2 is 1.81 bits per heavy atom. The maximum absolute atomic E-state index is 6.19. The highest BCUT2D eigenvalue weighted by Gasteiger charge is 2.32. The smallest absolute Gasteiger partial charge is 0.0755 e. The van der Waals surface area contributed by atoms with Crippen LogP contribution in [0.1, 0.15) is 72.6 Å². The predicted molar refractivity (Wildman–Crippen MR) is 89.8 cm³/mol. The van der Waals surface area contributed by atoms with E-state index in [1.165, 1.54) is 32.1 Å². The molecule has 0 aromatic heterocycles. The first-order chi connectivity index (χ1) is 10.0. The molecule has 1 rings (SSSR count). The van der Waals surface area contributed by atoms with Crippen LogP contribution in [0.25, 0.3) is 0 Å². The Balaban J connectivity index is 2.66. The number of hydrogen-bond acceptors (Lipinski definition) is 3. The summed E-state index contributed by atoms with van der Waals surface area (Å²) in [6.07, 6.45) is 9.36. The van der Waals surface area contributed by atoms with Gasteiger partial charge in [0.05, 0.1) is 11.7 Å². The van der Waals surface area contributed by atoms with Crippen molar-refractivity contribution in [3.05, 3.63) is 0 Å². The van der Waals surface area contributed by atoms with Crippen molar-refractivity contribution in [3.63, 3.8) is 0 Å². The molecule has 0 radical (unpaired) electrons. The summed E-state index contributed by atoms with van der Waals surface area (Å²) in [5.74, 6) is 0.730. The van der Waals surface area contributed by atoms with Gasteiger partial charge in [0, 0.05) is 19.8 Å². The zero-order valence-electron chi connectivity index (χ0n) is 14.9. The van der Waals surface area contributed by atoms with Crippen LogP contribution >= 0.6 is 0 Å². The Bertz CT molecular complexity index is 262. The fourth-order valence-electron chi connectivity index (χ4n) is 3.49. The zero-order valence-corrected chi connectivity index (χ0v) is 14.9. The number of nitrogens with one attached hydrogen (secondary N) is 1. The lowest BCUT2D eigenvalue weighted by Gasteiger charge is -2.37. The quantitative estimate of drug-likeness (QED) is 0.657. The molecule has 0 saturated heterocycles. The third kappa shape index (κ3) is 6.66. The lowest BCUT2D eigenvalue weighted by atomic mass is 9.81. The molecule has 0 aromatic carbocycles. The monoisotopic (exact) mass is 299 g/mol. The summed E-state index contributed by atoms with van der Waals surface area (Å²) in [6.45, 7) is 10.5. The van der Waals surface area contributed by atoms with Crippen LogP contribution in [0.2, 0.25) is 0 Å². The van der Waals surface area contributed by atoms with E-state index in [0.29, 0.717) is 12.1 Å². The van der Waals surface area contributed by atoms with Gasteiger partial charge in [0.25, 0.3) is 0 Å². The van der Waals surface area contributed by atoms with Gasteiger partial charge in [0.1, 0.15) is 0 Å². The summed E-state index contributed by atoms with van der Waals surface area (Å²) >= 11 is 0. The van der Waals surface area contributed by atoms with E-state index in [1.807, 2.05) is 7.11 Å². The number of methoxy groups -OCH3 is 1. The number of rotatable bonds is 10. The standard InChI is InChI=1S/C18H37NO2/c1-6-19-16(13-14-18(3,4)20-5)17(21-7-2)15-11-9-8-10-12-15/h15-17,19H,6-14H2,1-5H3. The van der Waals surface area contributed by atoms with Crippen molar-refractivity contribution in [2.45, 2.75) is 90.4 Å². The van der Waals surface area contributed by atoms with Crippen LogP contribution < -0.4 is 5.32 Å². The van der Waals surface area contributed by atoms with Gasteiger partial charge in [-0.15, -0.1) is 0 Å². The van der Waals surface area contributed by atoms with Gasteiger partial charge in [-0.25, -0.2) is 0 Å². The van der Waals surface area contributed by atoms with E-state index < -0.39 is 0 Å². The van der Waals surface area contributed by atoms with Gasteiger partial charge >= 0.3 is 0 Å². The first kappa shape index (κ1) is 18.9. The summed E-state index contributed by atoms with van der Waals surface area (Å²) in [6, 6.07) is 0.451. The molecule has 1 saturated carbocycles. The fraction of sp³-hybridized carbons (Fsp3) is 1.00. The largest absolute Gasteiger partial charge is 0.379 e. The first-order valence-electron chi connectivity index (χ1n) is 8.94. The number of hydrogen-bond donors (Lipinski definition) is 1. The maximum Gasteiger partial charge on any atom is 0.0755 e. The molecule has 1 fully saturated rings. The van der Waals surface area contributed by atoms with Gasteiger partial charge in [-0.3, -0.25) is 0 Å². The van der Waals surface area contributed by atoms with Crippen LogP contribution in [0.15, 0.2) is 0 Å². The molecule has 3 nitrogen and oxygen atoms in total.